The molecule has 7 heteroatoms. The van der Waals surface area contributed by atoms with E-state index in [2.05, 4.69) is 28.9 Å². The number of amides is 1. The highest BCUT2D eigenvalue weighted by molar-refractivity contribution is 5.95. The highest BCUT2D eigenvalue weighted by Gasteiger charge is 2.49. The SMILES string of the molecule is C[C@@H](O)C#Cc1ccc([C@H]2[C@H]3CN(C(=O)c4ccc5c(c4)OCO5)CCCCN3[C@H]2CO)cc1. The Morgan fingerprint density at radius 2 is 1.88 bits per heavy atom. The Balaban J connectivity index is 1.37. The molecular formula is C27H30N2O5. The normalized spacial score (nSPS) is 24.7. The molecule has 178 valence electrons. The Morgan fingerprint density at radius 3 is 2.65 bits per heavy atom. The Kier molecular flexibility index (Phi) is 6.46. The zero-order valence-corrected chi connectivity index (χ0v) is 19.3. The Bertz CT molecular complexity index is 1100. The molecule has 2 aromatic carbocycles. The predicted molar refractivity (Wildman–Crippen MR) is 127 cm³/mol. The van der Waals surface area contributed by atoms with Crippen molar-refractivity contribution in [1.82, 2.24) is 9.80 Å². The van der Waals surface area contributed by atoms with Gasteiger partial charge in [-0.1, -0.05) is 24.0 Å². The average molecular weight is 463 g/mol. The maximum absolute atomic E-state index is 13.4. The molecule has 0 aromatic heterocycles. The molecule has 3 heterocycles. The van der Waals surface area contributed by atoms with E-state index in [4.69, 9.17) is 9.47 Å². The topological polar surface area (TPSA) is 82.5 Å². The van der Waals surface area contributed by atoms with E-state index in [9.17, 15) is 15.0 Å². The molecular weight excluding hydrogens is 432 g/mol. The lowest BCUT2D eigenvalue weighted by molar-refractivity contribution is -0.0606. The minimum Gasteiger partial charge on any atom is -0.454 e. The first-order valence-electron chi connectivity index (χ1n) is 11.9. The third-order valence-corrected chi connectivity index (χ3v) is 7.00. The highest BCUT2D eigenvalue weighted by Crippen LogP contribution is 2.42. The van der Waals surface area contributed by atoms with Crippen molar-refractivity contribution >= 4 is 5.91 Å². The van der Waals surface area contributed by atoms with Gasteiger partial charge in [0, 0.05) is 42.2 Å². The fraction of sp³-hybridized carbons (Fsp3) is 0.444. The highest BCUT2D eigenvalue weighted by atomic mass is 16.7. The van der Waals surface area contributed by atoms with Crippen molar-refractivity contribution in [2.45, 2.75) is 43.9 Å². The van der Waals surface area contributed by atoms with E-state index in [1.807, 2.05) is 17.0 Å². The molecule has 0 radical (unpaired) electrons. The molecule has 2 aromatic rings. The number of carbonyl (C=O) groups excluding carboxylic acids is 1. The first-order chi connectivity index (χ1) is 16.5. The molecule has 4 atom stereocenters. The number of hydrogen-bond donors (Lipinski definition) is 2. The summed E-state index contributed by atoms with van der Waals surface area (Å²) >= 11 is 0. The van der Waals surface area contributed by atoms with Crippen LogP contribution in [0.4, 0.5) is 0 Å². The molecule has 2 N–H and O–H groups in total. The lowest BCUT2D eigenvalue weighted by Crippen LogP contribution is -2.67. The monoisotopic (exact) mass is 462 g/mol. The summed E-state index contributed by atoms with van der Waals surface area (Å²) in [4.78, 5) is 17.7. The zero-order chi connectivity index (χ0) is 23.7. The van der Waals surface area contributed by atoms with Gasteiger partial charge in [-0.15, -0.1) is 0 Å². The van der Waals surface area contributed by atoms with Crippen LogP contribution in [0.5, 0.6) is 11.5 Å². The summed E-state index contributed by atoms with van der Waals surface area (Å²) < 4.78 is 10.8. The minimum absolute atomic E-state index is 0.00454. The van der Waals surface area contributed by atoms with E-state index >= 15 is 0 Å². The standard InChI is InChI=1S/C27H30N2O5/c1-18(31)4-5-19-6-8-20(9-7-19)26-22-15-28(12-2-3-13-29(22)23(26)16-30)27(32)21-10-11-24-25(14-21)34-17-33-24/h6-11,14,18,22-23,26,30-31H,2-3,12-13,15-17H2,1H3/t18-,22-,23+,26+/m1/s1. The van der Waals surface area contributed by atoms with Gasteiger partial charge in [-0.05, 0) is 62.2 Å². The van der Waals surface area contributed by atoms with Crippen LogP contribution in [0.1, 0.15) is 47.2 Å². The molecule has 2 fully saturated rings. The van der Waals surface area contributed by atoms with Gasteiger partial charge in [0.15, 0.2) is 11.5 Å². The van der Waals surface area contributed by atoms with Crippen LogP contribution < -0.4 is 9.47 Å². The van der Waals surface area contributed by atoms with Gasteiger partial charge in [0.25, 0.3) is 5.91 Å². The van der Waals surface area contributed by atoms with Crippen LogP contribution in [-0.2, 0) is 0 Å². The van der Waals surface area contributed by atoms with E-state index in [0.717, 1.165) is 30.5 Å². The number of nitrogens with zero attached hydrogens (tertiary/aromatic N) is 2. The number of ether oxygens (including phenoxy) is 2. The number of fused-ring (bicyclic) bond motifs is 2. The third-order valence-electron chi connectivity index (χ3n) is 7.00. The Morgan fingerprint density at radius 1 is 1.12 bits per heavy atom. The predicted octanol–water partition coefficient (Wildman–Crippen LogP) is 2.21. The number of aliphatic hydroxyl groups is 2. The van der Waals surface area contributed by atoms with Gasteiger partial charge in [-0.25, -0.2) is 0 Å². The second-order valence-corrected chi connectivity index (χ2v) is 9.17. The molecule has 0 bridgehead atoms. The quantitative estimate of drug-likeness (QED) is 0.681. The molecule has 3 aliphatic heterocycles. The molecule has 3 aliphatic rings. The molecule has 0 spiro atoms. The zero-order valence-electron chi connectivity index (χ0n) is 19.3. The van der Waals surface area contributed by atoms with E-state index in [0.29, 0.717) is 30.2 Å². The van der Waals surface area contributed by atoms with Crippen molar-refractivity contribution in [3.8, 4) is 23.3 Å². The maximum Gasteiger partial charge on any atom is 0.254 e. The van der Waals surface area contributed by atoms with E-state index in [-0.39, 0.29) is 37.3 Å². The second kappa shape index (κ2) is 9.67. The van der Waals surface area contributed by atoms with Crippen molar-refractivity contribution in [3.63, 3.8) is 0 Å². The summed E-state index contributed by atoms with van der Waals surface area (Å²) in [5, 5.41) is 19.6. The molecule has 0 saturated carbocycles. The summed E-state index contributed by atoms with van der Waals surface area (Å²) in [5.74, 6) is 7.15. The number of benzene rings is 2. The third kappa shape index (κ3) is 4.37. The Hall–Kier alpha value is -3.05. The fourth-order valence-corrected chi connectivity index (χ4v) is 5.31. The first kappa shape index (κ1) is 22.7. The summed E-state index contributed by atoms with van der Waals surface area (Å²) in [7, 11) is 0. The largest absolute Gasteiger partial charge is 0.454 e. The van der Waals surface area contributed by atoms with Crippen LogP contribution in [0.25, 0.3) is 0 Å². The number of carbonyl (C=O) groups is 1. The van der Waals surface area contributed by atoms with Crippen LogP contribution in [-0.4, -0.2) is 77.1 Å². The Labute approximate surface area is 199 Å². The van der Waals surface area contributed by atoms with Crippen molar-refractivity contribution < 1.29 is 24.5 Å². The molecule has 0 aliphatic carbocycles. The van der Waals surface area contributed by atoms with Crippen molar-refractivity contribution in [2.75, 3.05) is 33.0 Å². The van der Waals surface area contributed by atoms with Crippen LogP contribution in [0.2, 0.25) is 0 Å². The smallest absolute Gasteiger partial charge is 0.254 e. The van der Waals surface area contributed by atoms with Crippen LogP contribution >= 0.6 is 0 Å². The average Bonchev–Trinajstić information content (AvgIpc) is 3.30. The van der Waals surface area contributed by atoms with Gasteiger partial charge in [0.2, 0.25) is 6.79 Å². The molecule has 5 rings (SSSR count). The summed E-state index contributed by atoms with van der Waals surface area (Å²) in [6, 6.07) is 13.6. The number of rotatable bonds is 3. The van der Waals surface area contributed by atoms with Gasteiger partial charge in [-0.2, -0.15) is 0 Å². The van der Waals surface area contributed by atoms with E-state index in [1.165, 1.54) is 0 Å². The van der Waals surface area contributed by atoms with Crippen LogP contribution in [0, 0.1) is 11.8 Å². The lowest BCUT2D eigenvalue weighted by atomic mass is 9.74. The van der Waals surface area contributed by atoms with Crippen LogP contribution in [0.15, 0.2) is 42.5 Å². The minimum atomic E-state index is -0.665. The summed E-state index contributed by atoms with van der Waals surface area (Å²) in [6.07, 6.45) is 1.25. The fourth-order valence-electron chi connectivity index (χ4n) is 5.31. The van der Waals surface area contributed by atoms with Crippen molar-refractivity contribution in [3.05, 3.63) is 59.2 Å². The molecule has 7 nitrogen and oxygen atoms in total. The van der Waals surface area contributed by atoms with E-state index in [1.54, 1.807) is 25.1 Å². The molecule has 0 unspecified atom stereocenters. The van der Waals surface area contributed by atoms with Gasteiger partial charge in [-0.3, -0.25) is 9.69 Å². The number of aliphatic hydroxyl groups excluding tert-OH is 2. The maximum atomic E-state index is 13.4. The van der Waals surface area contributed by atoms with Crippen molar-refractivity contribution in [1.29, 1.82) is 0 Å². The molecule has 2 saturated heterocycles. The second-order valence-electron chi connectivity index (χ2n) is 9.17. The molecule has 34 heavy (non-hydrogen) atoms. The van der Waals surface area contributed by atoms with E-state index < -0.39 is 6.10 Å². The molecule has 1 amide bonds. The van der Waals surface area contributed by atoms with Gasteiger partial charge in [0.05, 0.1) is 6.61 Å². The first-order valence-corrected chi connectivity index (χ1v) is 11.9. The summed E-state index contributed by atoms with van der Waals surface area (Å²) in [6.45, 7) is 4.15. The van der Waals surface area contributed by atoms with Crippen LogP contribution in [0.3, 0.4) is 0 Å². The van der Waals surface area contributed by atoms with Gasteiger partial charge in [0.1, 0.15) is 6.10 Å². The summed E-state index contributed by atoms with van der Waals surface area (Å²) in [5.41, 5.74) is 2.59. The lowest BCUT2D eigenvalue weighted by Gasteiger charge is -2.57. The van der Waals surface area contributed by atoms with Gasteiger partial charge < -0.3 is 24.6 Å². The van der Waals surface area contributed by atoms with Crippen molar-refractivity contribution in [2.24, 2.45) is 0 Å². The van der Waals surface area contributed by atoms with Gasteiger partial charge >= 0.3 is 0 Å². The number of hydrogen-bond acceptors (Lipinski definition) is 6.